The molecule has 0 aliphatic carbocycles. The van der Waals surface area contributed by atoms with E-state index in [1.165, 1.54) is 11.0 Å². The molecule has 0 saturated carbocycles. The van der Waals surface area contributed by atoms with E-state index in [4.69, 9.17) is 0 Å². The first-order valence-electron chi connectivity index (χ1n) is 17.2. The van der Waals surface area contributed by atoms with Crippen LogP contribution in [-0.4, -0.2) is 16.4 Å². The summed E-state index contributed by atoms with van der Waals surface area (Å²) in [6.45, 7) is 1.65. The SMILES string of the molecule is Cc1cc(-c2ccc3c(c2)c2ccccc2n3-c2cccc3c2C(=O)N(c2cc(-c4ccccc4)ccc2-c2ccccc2)C3=O)cc(C(F)(F)F)c1. The van der Waals surface area contributed by atoms with Crippen LogP contribution in [0.4, 0.5) is 18.9 Å². The van der Waals surface area contributed by atoms with Gasteiger partial charge in [-0.05, 0) is 88.8 Å². The first kappa shape index (κ1) is 32.2. The lowest BCUT2D eigenvalue weighted by Crippen LogP contribution is -2.30. The maximum Gasteiger partial charge on any atom is 0.416 e. The summed E-state index contributed by atoms with van der Waals surface area (Å²) in [4.78, 5) is 30.5. The van der Waals surface area contributed by atoms with Crippen LogP contribution >= 0.6 is 0 Å². The van der Waals surface area contributed by atoms with Crippen molar-refractivity contribution in [3.05, 3.63) is 180 Å². The Balaban J connectivity index is 1.22. The highest BCUT2D eigenvalue weighted by atomic mass is 19.4. The lowest BCUT2D eigenvalue weighted by Gasteiger charge is -2.20. The van der Waals surface area contributed by atoms with Gasteiger partial charge in [-0.2, -0.15) is 13.2 Å². The van der Waals surface area contributed by atoms with Crippen LogP contribution in [0.5, 0.6) is 0 Å². The summed E-state index contributed by atoms with van der Waals surface area (Å²) < 4.78 is 43.3. The fraction of sp³-hybridized carbons (Fsp3) is 0.0435. The summed E-state index contributed by atoms with van der Waals surface area (Å²) >= 11 is 0. The average Bonchev–Trinajstić information content (AvgIpc) is 3.64. The Morgan fingerprint density at radius 1 is 0.472 bits per heavy atom. The molecule has 0 bridgehead atoms. The number of benzene rings is 7. The maximum absolute atomic E-state index is 14.8. The molecule has 0 N–H and O–H groups in total. The molecule has 8 aromatic rings. The molecule has 1 aromatic heterocycles. The van der Waals surface area contributed by atoms with E-state index in [0.29, 0.717) is 33.6 Å². The third kappa shape index (κ3) is 5.32. The van der Waals surface area contributed by atoms with E-state index in [9.17, 15) is 22.8 Å². The third-order valence-electron chi connectivity index (χ3n) is 9.97. The molecule has 0 saturated heterocycles. The summed E-state index contributed by atoms with van der Waals surface area (Å²) in [5, 5.41) is 1.67. The first-order valence-corrected chi connectivity index (χ1v) is 17.2. The van der Waals surface area contributed by atoms with Gasteiger partial charge in [0.1, 0.15) is 0 Å². The zero-order chi connectivity index (χ0) is 36.4. The van der Waals surface area contributed by atoms with Gasteiger partial charge in [-0.3, -0.25) is 9.59 Å². The average molecular weight is 699 g/mol. The summed E-state index contributed by atoms with van der Waals surface area (Å²) in [6, 6.07) is 48.0. The second-order valence-corrected chi connectivity index (χ2v) is 13.3. The molecular weight excluding hydrogens is 670 g/mol. The monoisotopic (exact) mass is 698 g/mol. The van der Waals surface area contributed by atoms with E-state index in [0.717, 1.165) is 50.1 Å². The lowest BCUT2D eigenvalue weighted by molar-refractivity contribution is -0.137. The van der Waals surface area contributed by atoms with E-state index in [1.807, 2.05) is 126 Å². The van der Waals surface area contributed by atoms with Crippen LogP contribution in [0.25, 0.3) is 60.9 Å². The molecule has 0 fully saturated rings. The van der Waals surface area contributed by atoms with Gasteiger partial charge < -0.3 is 4.57 Å². The summed E-state index contributed by atoms with van der Waals surface area (Å²) in [5.74, 6) is -0.859. The number of amides is 2. The number of anilines is 1. The number of aryl methyl sites for hydroxylation is 1. The minimum Gasteiger partial charge on any atom is -0.308 e. The van der Waals surface area contributed by atoms with Crippen molar-refractivity contribution in [2.45, 2.75) is 13.1 Å². The predicted octanol–water partition coefficient (Wildman–Crippen LogP) is 11.9. The van der Waals surface area contributed by atoms with Crippen LogP contribution < -0.4 is 4.90 Å². The fourth-order valence-corrected chi connectivity index (χ4v) is 7.59. The highest BCUT2D eigenvalue weighted by Gasteiger charge is 2.40. The van der Waals surface area contributed by atoms with E-state index in [2.05, 4.69) is 0 Å². The van der Waals surface area contributed by atoms with Crippen molar-refractivity contribution < 1.29 is 22.8 Å². The quantitative estimate of drug-likeness (QED) is 0.168. The molecule has 256 valence electrons. The fourth-order valence-electron chi connectivity index (χ4n) is 7.59. The molecule has 0 radical (unpaired) electrons. The van der Waals surface area contributed by atoms with Crippen LogP contribution in [0, 0.1) is 6.92 Å². The largest absolute Gasteiger partial charge is 0.416 e. The molecule has 4 nitrogen and oxygen atoms in total. The number of hydrogen-bond acceptors (Lipinski definition) is 2. The van der Waals surface area contributed by atoms with Gasteiger partial charge in [-0.15, -0.1) is 0 Å². The number of aromatic nitrogens is 1. The Morgan fingerprint density at radius 3 is 1.89 bits per heavy atom. The van der Waals surface area contributed by atoms with Crippen molar-refractivity contribution in [2.24, 2.45) is 0 Å². The smallest absolute Gasteiger partial charge is 0.308 e. The van der Waals surface area contributed by atoms with Crippen molar-refractivity contribution in [1.29, 1.82) is 0 Å². The van der Waals surface area contributed by atoms with Gasteiger partial charge in [0.05, 0.1) is 39.1 Å². The lowest BCUT2D eigenvalue weighted by atomic mass is 9.97. The molecule has 0 atom stereocenters. The standard InChI is InChI=1S/C46H29F3N2O2/c1-28-23-33(25-34(24-28)46(47,48)49)31-20-22-40-38(26-31)36-15-8-9-17-39(36)50(40)41-18-10-16-37-43(41)45(53)51(44(37)52)42-27-32(29-11-4-2-5-12-29)19-21-35(42)30-13-6-3-7-14-30/h2-27H,1H3. The molecule has 0 unspecified atom stereocenters. The van der Waals surface area contributed by atoms with Crippen LogP contribution in [0.2, 0.25) is 0 Å². The van der Waals surface area contributed by atoms with Crippen molar-refractivity contribution >= 4 is 39.3 Å². The number of imide groups is 1. The second kappa shape index (κ2) is 12.2. The van der Waals surface area contributed by atoms with E-state index in [1.54, 1.807) is 31.2 Å². The number of carbonyl (C=O) groups excluding carboxylic acids is 2. The van der Waals surface area contributed by atoms with Gasteiger partial charge in [-0.25, -0.2) is 4.90 Å². The molecule has 1 aliphatic heterocycles. The van der Waals surface area contributed by atoms with Crippen molar-refractivity contribution in [1.82, 2.24) is 4.57 Å². The number of nitrogens with zero attached hydrogens (tertiary/aromatic N) is 2. The number of rotatable bonds is 5. The number of alkyl halides is 3. The summed E-state index contributed by atoms with van der Waals surface area (Å²) in [5.41, 5.74) is 7.48. The topological polar surface area (TPSA) is 42.3 Å². The highest BCUT2D eigenvalue weighted by Crippen LogP contribution is 2.43. The number of hydrogen-bond donors (Lipinski definition) is 0. The molecule has 2 heterocycles. The second-order valence-electron chi connectivity index (χ2n) is 13.3. The number of carbonyl (C=O) groups is 2. The minimum atomic E-state index is -4.48. The molecule has 1 aliphatic rings. The Morgan fingerprint density at radius 2 is 1.13 bits per heavy atom. The van der Waals surface area contributed by atoms with E-state index < -0.39 is 23.6 Å². The zero-order valence-electron chi connectivity index (χ0n) is 28.4. The minimum absolute atomic E-state index is 0.279. The Kier molecular flexibility index (Phi) is 7.41. The van der Waals surface area contributed by atoms with Gasteiger partial charge in [0.2, 0.25) is 0 Å². The van der Waals surface area contributed by atoms with Crippen LogP contribution in [0.3, 0.4) is 0 Å². The van der Waals surface area contributed by atoms with Crippen molar-refractivity contribution in [2.75, 3.05) is 4.90 Å². The Hall–Kier alpha value is -6.73. The molecule has 2 amide bonds. The first-order chi connectivity index (χ1) is 25.7. The molecule has 9 rings (SSSR count). The highest BCUT2D eigenvalue weighted by molar-refractivity contribution is 6.36. The summed E-state index contributed by atoms with van der Waals surface area (Å²) in [7, 11) is 0. The number of fused-ring (bicyclic) bond motifs is 4. The molecule has 0 spiro atoms. The Labute approximate surface area is 303 Å². The van der Waals surface area contributed by atoms with Crippen molar-refractivity contribution in [3.8, 4) is 39.1 Å². The van der Waals surface area contributed by atoms with E-state index >= 15 is 0 Å². The van der Waals surface area contributed by atoms with E-state index in [-0.39, 0.29) is 5.56 Å². The van der Waals surface area contributed by atoms with Gasteiger partial charge in [0.15, 0.2) is 0 Å². The third-order valence-corrected chi connectivity index (χ3v) is 9.97. The molecule has 7 aromatic carbocycles. The van der Waals surface area contributed by atoms with Crippen LogP contribution in [0.1, 0.15) is 31.8 Å². The van der Waals surface area contributed by atoms with Crippen LogP contribution in [-0.2, 0) is 6.18 Å². The molecule has 7 heteroatoms. The van der Waals surface area contributed by atoms with Crippen molar-refractivity contribution in [3.63, 3.8) is 0 Å². The van der Waals surface area contributed by atoms with Gasteiger partial charge in [-0.1, -0.05) is 109 Å². The maximum atomic E-state index is 14.8. The molecular formula is C46H29F3N2O2. The Bertz CT molecular complexity index is 2770. The summed E-state index contributed by atoms with van der Waals surface area (Å²) in [6.07, 6.45) is -4.48. The van der Waals surface area contributed by atoms with Gasteiger partial charge in [0.25, 0.3) is 11.8 Å². The number of halogens is 3. The predicted molar refractivity (Wildman–Crippen MR) is 204 cm³/mol. The zero-order valence-corrected chi connectivity index (χ0v) is 28.4. The van der Waals surface area contributed by atoms with Gasteiger partial charge in [0, 0.05) is 16.3 Å². The van der Waals surface area contributed by atoms with Gasteiger partial charge >= 0.3 is 6.18 Å². The number of para-hydroxylation sites is 1. The normalized spacial score (nSPS) is 12.9. The molecule has 53 heavy (non-hydrogen) atoms. The van der Waals surface area contributed by atoms with Crippen LogP contribution in [0.15, 0.2) is 158 Å².